The molecule has 1 rings (SSSR count). The van der Waals surface area contributed by atoms with E-state index in [0.717, 1.165) is 0 Å². The van der Waals surface area contributed by atoms with Gasteiger partial charge in [-0.3, -0.25) is 4.90 Å². The number of carboxylic acids is 1. The lowest BCUT2D eigenvalue weighted by atomic mass is 10.2. The lowest BCUT2D eigenvalue weighted by molar-refractivity contribution is 0.0696. The fourth-order valence-electron chi connectivity index (χ4n) is 1.27. The van der Waals surface area contributed by atoms with E-state index in [-0.39, 0.29) is 11.6 Å². The first-order valence-corrected chi connectivity index (χ1v) is 4.92. The normalized spacial score (nSPS) is 12.4. The van der Waals surface area contributed by atoms with Crippen molar-refractivity contribution in [3.05, 3.63) is 23.7 Å². The molecule has 0 fully saturated rings. The average molecular weight is 222 g/mol. The van der Waals surface area contributed by atoms with E-state index >= 15 is 0 Å². The molecular formula is C11H14N2O3. The van der Waals surface area contributed by atoms with Gasteiger partial charge < -0.3 is 9.52 Å². The summed E-state index contributed by atoms with van der Waals surface area (Å²) in [6.45, 7) is 2.43. The fourth-order valence-corrected chi connectivity index (χ4v) is 1.27. The number of hydrogen-bond donors (Lipinski definition) is 1. The van der Waals surface area contributed by atoms with Crippen molar-refractivity contribution in [2.24, 2.45) is 0 Å². The molecule has 5 nitrogen and oxygen atoms in total. The van der Waals surface area contributed by atoms with Crippen LogP contribution in [-0.2, 0) is 6.54 Å². The lowest BCUT2D eigenvalue weighted by Gasteiger charge is -2.20. The Hall–Kier alpha value is -1.80. The van der Waals surface area contributed by atoms with Crippen molar-refractivity contribution in [2.45, 2.75) is 25.9 Å². The zero-order valence-electron chi connectivity index (χ0n) is 9.30. The van der Waals surface area contributed by atoms with Gasteiger partial charge in [0.1, 0.15) is 12.0 Å². The Morgan fingerprint density at radius 1 is 1.75 bits per heavy atom. The first-order valence-electron chi connectivity index (χ1n) is 4.92. The number of aromatic carboxylic acids is 1. The molecule has 1 N–H and O–H groups in total. The van der Waals surface area contributed by atoms with Gasteiger partial charge in [0.15, 0.2) is 0 Å². The van der Waals surface area contributed by atoms with Crippen LogP contribution in [0.4, 0.5) is 0 Å². The summed E-state index contributed by atoms with van der Waals surface area (Å²) in [6.07, 6.45) is 1.66. The van der Waals surface area contributed by atoms with Crippen LogP contribution in [0.3, 0.4) is 0 Å². The molecule has 1 aromatic heterocycles. The number of nitrogens with zero attached hydrogens (tertiary/aromatic N) is 2. The molecule has 0 radical (unpaired) electrons. The SMILES string of the molecule is CC(CC#N)N(C)Cc1cc(C(=O)O)co1. The molecule has 0 spiro atoms. The van der Waals surface area contributed by atoms with E-state index in [1.165, 1.54) is 12.3 Å². The molecule has 5 heteroatoms. The van der Waals surface area contributed by atoms with Gasteiger partial charge in [0.25, 0.3) is 0 Å². The zero-order valence-corrected chi connectivity index (χ0v) is 9.30. The van der Waals surface area contributed by atoms with Crippen molar-refractivity contribution >= 4 is 5.97 Å². The van der Waals surface area contributed by atoms with Crippen molar-refractivity contribution < 1.29 is 14.3 Å². The van der Waals surface area contributed by atoms with Gasteiger partial charge in [-0.1, -0.05) is 0 Å². The summed E-state index contributed by atoms with van der Waals surface area (Å²) in [6, 6.07) is 3.70. The van der Waals surface area contributed by atoms with Crippen LogP contribution in [0.2, 0.25) is 0 Å². The Labute approximate surface area is 93.9 Å². The summed E-state index contributed by atoms with van der Waals surface area (Å²) < 4.78 is 5.12. The van der Waals surface area contributed by atoms with Crippen molar-refractivity contribution in [3.8, 4) is 6.07 Å². The molecule has 0 aromatic carbocycles. The van der Waals surface area contributed by atoms with Crippen LogP contribution >= 0.6 is 0 Å². The third kappa shape index (κ3) is 3.11. The monoisotopic (exact) mass is 222 g/mol. The van der Waals surface area contributed by atoms with Crippen LogP contribution in [0.25, 0.3) is 0 Å². The molecule has 1 unspecified atom stereocenters. The van der Waals surface area contributed by atoms with E-state index < -0.39 is 5.97 Å². The second-order valence-corrected chi connectivity index (χ2v) is 3.73. The Balaban J connectivity index is 2.59. The van der Waals surface area contributed by atoms with Crippen molar-refractivity contribution in [1.29, 1.82) is 5.26 Å². The highest BCUT2D eigenvalue weighted by Gasteiger charge is 2.13. The smallest absolute Gasteiger partial charge is 0.338 e. The van der Waals surface area contributed by atoms with E-state index in [4.69, 9.17) is 14.8 Å². The topological polar surface area (TPSA) is 77.5 Å². The summed E-state index contributed by atoms with van der Waals surface area (Å²) in [4.78, 5) is 12.6. The maximum atomic E-state index is 10.6. The van der Waals surface area contributed by atoms with E-state index in [1.54, 1.807) is 0 Å². The van der Waals surface area contributed by atoms with Crippen LogP contribution in [0.15, 0.2) is 16.7 Å². The minimum absolute atomic E-state index is 0.114. The third-order valence-electron chi connectivity index (χ3n) is 2.45. The highest BCUT2D eigenvalue weighted by molar-refractivity contribution is 5.87. The van der Waals surface area contributed by atoms with Gasteiger partial charge in [-0.2, -0.15) is 5.26 Å². The molecule has 0 amide bonds. The average Bonchev–Trinajstić information content (AvgIpc) is 2.66. The highest BCUT2D eigenvalue weighted by atomic mass is 16.4. The zero-order chi connectivity index (χ0) is 12.1. The van der Waals surface area contributed by atoms with Crippen molar-refractivity contribution in [2.75, 3.05) is 7.05 Å². The molecule has 0 aliphatic heterocycles. The molecule has 0 aliphatic carbocycles. The molecule has 1 atom stereocenters. The minimum atomic E-state index is -0.997. The van der Waals surface area contributed by atoms with Crippen LogP contribution in [0.1, 0.15) is 29.5 Å². The summed E-state index contributed by atoms with van der Waals surface area (Å²) in [7, 11) is 1.87. The third-order valence-corrected chi connectivity index (χ3v) is 2.45. The Bertz CT molecular complexity index is 406. The molecule has 1 aromatic rings. The van der Waals surface area contributed by atoms with Gasteiger partial charge in [0.05, 0.1) is 24.6 Å². The maximum Gasteiger partial charge on any atom is 0.338 e. The van der Waals surface area contributed by atoms with Gasteiger partial charge in [0.2, 0.25) is 0 Å². The molecule has 0 saturated carbocycles. The van der Waals surface area contributed by atoms with E-state index in [2.05, 4.69) is 6.07 Å². The maximum absolute atomic E-state index is 10.6. The number of rotatable bonds is 5. The summed E-state index contributed by atoms with van der Waals surface area (Å²) >= 11 is 0. The van der Waals surface area contributed by atoms with Crippen LogP contribution in [0, 0.1) is 11.3 Å². The fraction of sp³-hybridized carbons (Fsp3) is 0.455. The first-order chi connectivity index (χ1) is 7.54. The number of hydrogen-bond acceptors (Lipinski definition) is 4. The number of carbonyl (C=O) groups is 1. The van der Waals surface area contributed by atoms with Gasteiger partial charge in [-0.15, -0.1) is 0 Å². The lowest BCUT2D eigenvalue weighted by Crippen LogP contribution is -2.27. The quantitative estimate of drug-likeness (QED) is 0.820. The Kier molecular flexibility index (Phi) is 4.09. The Morgan fingerprint density at radius 3 is 2.94 bits per heavy atom. The van der Waals surface area contributed by atoms with E-state index in [0.29, 0.717) is 18.7 Å². The van der Waals surface area contributed by atoms with Gasteiger partial charge in [-0.05, 0) is 20.0 Å². The van der Waals surface area contributed by atoms with Gasteiger partial charge in [-0.25, -0.2) is 4.79 Å². The molecule has 0 bridgehead atoms. The van der Waals surface area contributed by atoms with Gasteiger partial charge >= 0.3 is 5.97 Å². The molecular weight excluding hydrogens is 208 g/mol. The molecule has 16 heavy (non-hydrogen) atoms. The predicted molar refractivity (Wildman–Crippen MR) is 56.8 cm³/mol. The molecule has 86 valence electrons. The van der Waals surface area contributed by atoms with Crippen molar-refractivity contribution in [1.82, 2.24) is 4.90 Å². The number of nitriles is 1. The summed E-state index contributed by atoms with van der Waals surface area (Å²) in [5.74, 6) is -0.410. The standard InChI is InChI=1S/C11H14N2O3/c1-8(3-4-12)13(2)6-10-5-9(7-16-10)11(14)15/h5,7-8H,3,6H2,1-2H3,(H,14,15). The molecule has 1 heterocycles. The van der Waals surface area contributed by atoms with E-state index in [9.17, 15) is 4.79 Å². The highest BCUT2D eigenvalue weighted by Crippen LogP contribution is 2.12. The molecule has 0 saturated heterocycles. The largest absolute Gasteiger partial charge is 0.478 e. The minimum Gasteiger partial charge on any atom is -0.478 e. The van der Waals surface area contributed by atoms with Crippen molar-refractivity contribution in [3.63, 3.8) is 0 Å². The first kappa shape index (κ1) is 12.3. The second kappa shape index (κ2) is 5.33. The predicted octanol–water partition coefficient (Wildman–Crippen LogP) is 1.71. The summed E-state index contributed by atoms with van der Waals surface area (Å²) in [5, 5.41) is 17.3. The number of carboxylic acid groups (broad SMARTS) is 1. The van der Waals surface area contributed by atoms with Crippen LogP contribution < -0.4 is 0 Å². The number of furan rings is 1. The van der Waals surface area contributed by atoms with Gasteiger partial charge in [0, 0.05) is 6.04 Å². The second-order valence-electron chi connectivity index (χ2n) is 3.73. The van der Waals surface area contributed by atoms with Crippen LogP contribution in [-0.4, -0.2) is 29.1 Å². The van der Waals surface area contributed by atoms with E-state index in [1.807, 2.05) is 18.9 Å². The Morgan fingerprint density at radius 2 is 2.44 bits per heavy atom. The molecule has 0 aliphatic rings. The van der Waals surface area contributed by atoms with Crippen LogP contribution in [0.5, 0.6) is 0 Å². The summed E-state index contributed by atoms with van der Waals surface area (Å²) in [5.41, 5.74) is 0.149.